The van der Waals surface area contributed by atoms with Crippen LogP contribution in [0.3, 0.4) is 0 Å². The number of alkyl carbamates (subject to hydrolysis) is 1. The van der Waals surface area contributed by atoms with Crippen LogP contribution in [0.15, 0.2) is 22.7 Å². The van der Waals surface area contributed by atoms with Crippen LogP contribution < -0.4 is 5.32 Å². The largest absolute Gasteiger partial charge is 0.450 e. The summed E-state index contributed by atoms with van der Waals surface area (Å²) < 4.78 is 18.5. The Balaban J connectivity index is 0.00000289. The number of rotatable bonds is 3. The van der Waals surface area contributed by atoms with Gasteiger partial charge in [-0.05, 0) is 24.6 Å². The van der Waals surface area contributed by atoms with Crippen LogP contribution in [0.5, 0.6) is 0 Å². The Morgan fingerprint density at radius 3 is 2.67 bits per heavy atom. The lowest BCUT2D eigenvalue weighted by atomic mass is 10.1. The molecule has 0 saturated carbocycles. The summed E-state index contributed by atoms with van der Waals surface area (Å²) in [6.45, 7) is 1.80. The van der Waals surface area contributed by atoms with Crippen molar-refractivity contribution in [2.24, 2.45) is 0 Å². The van der Waals surface area contributed by atoms with Gasteiger partial charge in [0.2, 0.25) is 5.91 Å². The molecule has 0 heterocycles. The Bertz CT molecular complexity index is 442. The maximum absolute atomic E-state index is 13.4. The summed E-state index contributed by atoms with van der Waals surface area (Å²) in [5, 5.41) is 1.99. The SMILES string of the molecule is CCOC(=O)NC(=O)Cc1ccc(Br)cc1F.Cl. The van der Waals surface area contributed by atoms with Crippen molar-refractivity contribution in [3.05, 3.63) is 34.1 Å². The van der Waals surface area contributed by atoms with Crippen LogP contribution in [0, 0.1) is 5.82 Å². The molecule has 0 radical (unpaired) electrons. The topological polar surface area (TPSA) is 55.4 Å². The summed E-state index contributed by atoms with van der Waals surface area (Å²) in [4.78, 5) is 22.3. The molecule has 0 bridgehead atoms. The molecule has 1 N–H and O–H groups in total. The third kappa shape index (κ3) is 5.46. The highest BCUT2D eigenvalue weighted by Crippen LogP contribution is 2.15. The van der Waals surface area contributed by atoms with Crippen LogP contribution in [-0.4, -0.2) is 18.6 Å². The van der Waals surface area contributed by atoms with Gasteiger partial charge in [0.1, 0.15) is 5.82 Å². The first-order chi connectivity index (χ1) is 8.02. The molecule has 4 nitrogen and oxygen atoms in total. The third-order valence-electron chi connectivity index (χ3n) is 1.88. The Kier molecular flexibility index (Phi) is 7.54. The zero-order valence-electron chi connectivity index (χ0n) is 9.54. The highest BCUT2D eigenvalue weighted by molar-refractivity contribution is 9.10. The zero-order chi connectivity index (χ0) is 12.8. The van der Waals surface area contributed by atoms with Crippen LogP contribution in [0.4, 0.5) is 9.18 Å². The summed E-state index contributed by atoms with van der Waals surface area (Å²) in [5.74, 6) is -1.11. The van der Waals surface area contributed by atoms with Crippen molar-refractivity contribution >= 4 is 40.3 Å². The molecule has 0 aromatic heterocycles. The summed E-state index contributed by atoms with van der Waals surface area (Å²) in [6.07, 6.45) is -1.03. The minimum atomic E-state index is -0.824. The van der Waals surface area contributed by atoms with Gasteiger partial charge in [0.15, 0.2) is 0 Å². The van der Waals surface area contributed by atoms with E-state index in [-0.39, 0.29) is 31.0 Å². The highest BCUT2D eigenvalue weighted by Gasteiger charge is 2.11. The van der Waals surface area contributed by atoms with Gasteiger partial charge in [0, 0.05) is 4.47 Å². The number of nitrogens with one attached hydrogen (secondary N) is 1. The lowest BCUT2D eigenvalue weighted by Crippen LogP contribution is -2.32. The molecule has 0 atom stereocenters. The van der Waals surface area contributed by atoms with Crippen molar-refractivity contribution in [3.63, 3.8) is 0 Å². The van der Waals surface area contributed by atoms with Gasteiger partial charge in [0.05, 0.1) is 13.0 Å². The van der Waals surface area contributed by atoms with Gasteiger partial charge in [-0.25, -0.2) is 9.18 Å². The maximum Gasteiger partial charge on any atom is 0.413 e. The summed E-state index contributed by atoms with van der Waals surface area (Å²) in [5.41, 5.74) is 0.218. The molecular weight excluding hydrogens is 328 g/mol. The van der Waals surface area contributed by atoms with E-state index in [1.54, 1.807) is 13.0 Å². The minimum absolute atomic E-state index is 0. The molecule has 0 aliphatic rings. The second kappa shape index (κ2) is 8.05. The van der Waals surface area contributed by atoms with Crippen molar-refractivity contribution in [3.8, 4) is 0 Å². The molecule has 100 valence electrons. The summed E-state index contributed by atoms with van der Waals surface area (Å²) in [7, 11) is 0. The fourth-order valence-corrected chi connectivity index (χ4v) is 1.50. The molecule has 0 saturated heterocycles. The number of carbonyl (C=O) groups is 2. The number of amides is 2. The summed E-state index contributed by atoms with van der Waals surface area (Å²) >= 11 is 3.11. The molecule has 0 aliphatic carbocycles. The first-order valence-corrected chi connectivity index (χ1v) is 5.72. The molecule has 0 fully saturated rings. The van der Waals surface area contributed by atoms with Crippen molar-refractivity contribution in [2.45, 2.75) is 13.3 Å². The number of hydrogen-bond acceptors (Lipinski definition) is 3. The molecule has 18 heavy (non-hydrogen) atoms. The zero-order valence-corrected chi connectivity index (χ0v) is 11.9. The van der Waals surface area contributed by atoms with Gasteiger partial charge >= 0.3 is 6.09 Å². The van der Waals surface area contributed by atoms with E-state index in [2.05, 4.69) is 20.7 Å². The molecule has 2 amide bonds. The van der Waals surface area contributed by atoms with Crippen molar-refractivity contribution < 1.29 is 18.7 Å². The molecule has 0 unspecified atom stereocenters. The summed E-state index contributed by atoms with van der Waals surface area (Å²) in [6, 6.07) is 4.35. The number of halogens is 3. The predicted molar refractivity (Wildman–Crippen MR) is 70.2 cm³/mol. The van der Waals surface area contributed by atoms with E-state index in [0.29, 0.717) is 4.47 Å². The number of ether oxygens (including phenoxy) is 1. The van der Waals surface area contributed by atoms with Crippen LogP contribution >= 0.6 is 28.3 Å². The van der Waals surface area contributed by atoms with Gasteiger partial charge in [-0.15, -0.1) is 12.4 Å². The van der Waals surface area contributed by atoms with E-state index >= 15 is 0 Å². The van der Waals surface area contributed by atoms with Gasteiger partial charge in [-0.2, -0.15) is 0 Å². The second-order valence-electron chi connectivity index (χ2n) is 3.18. The van der Waals surface area contributed by atoms with Gasteiger partial charge in [-0.3, -0.25) is 10.1 Å². The van der Waals surface area contributed by atoms with Crippen molar-refractivity contribution in [1.82, 2.24) is 5.32 Å². The van der Waals surface area contributed by atoms with Gasteiger partial charge < -0.3 is 4.74 Å². The standard InChI is InChI=1S/C11H11BrFNO3.ClH/c1-2-17-11(16)14-10(15)5-7-3-4-8(12)6-9(7)13;/h3-4,6H,2,5H2,1H3,(H,14,15,16);1H. The molecule has 0 aliphatic heterocycles. The molecule has 1 rings (SSSR count). The van der Waals surface area contributed by atoms with Gasteiger partial charge in [-0.1, -0.05) is 22.0 Å². The van der Waals surface area contributed by atoms with E-state index < -0.39 is 17.8 Å². The number of benzene rings is 1. The third-order valence-corrected chi connectivity index (χ3v) is 2.38. The molecule has 7 heteroatoms. The first kappa shape index (κ1) is 16.9. The number of imide groups is 1. The van der Waals surface area contributed by atoms with E-state index in [9.17, 15) is 14.0 Å². The predicted octanol–water partition coefficient (Wildman–Crippen LogP) is 2.83. The fraction of sp³-hybridized carbons (Fsp3) is 0.273. The quantitative estimate of drug-likeness (QED) is 0.920. The normalized spacial score (nSPS) is 9.28. The van der Waals surface area contributed by atoms with E-state index in [1.165, 1.54) is 12.1 Å². The van der Waals surface area contributed by atoms with E-state index in [0.717, 1.165) is 0 Å². The lowest BCUT2D eigenvalue weighted by molar-refractivity contribution is -0.119. The smallest absolute Gasteiger partial charge is 0.413 e. The van der Waals surface area contributed by atoms with Crippen molar-refractivity contribution in [2.75, 3.05) is 6.61 Å². The van der Waals surface area contributed by atoms with Crippen LogP contribution in [0.2, 0.25) is 0 Å². The second-order valence-corrected chi connectivity index (χ2v) is 4.10. The minimum Gasteiger partial charge on any atom is -0.450 e. The Morgan fingerprint density at radius 2 is 2.11 bits per heavy atom. The van der Waals surface area contributed by atoms with Gasteiger partial charge in [0.25, 0.3) is 0 Å². The molecule has 1 aromatic rings. The molecular formula is C11H12BrClFNO3. The van der Waals surface area contributed by atoms with E-state index in [1.807, 2.05) is 5.32 Å². The average molecular weight is 341 g/mol. The Labute approximate surface area is 118 Å². The maximum atomic E-state index is 13.4. The molecule has 1 aromatic carbocycles. The van der Waals surface area contributed by atoms with Crippen LogP contribution in [0.1, 0.15) is 12.5 Å². The van der Waals surface area contributed by atoms with E-state index in [4.69, 9.17) is 0 Å². The monoisotopic (exact) mass is 339 g/mol. The fourth-order valence-electron chi connectivity index (χ4n) is 1.16. The molecule has 0 spiro atoms. The number of hydrogen-bond donors (Lipinski definition) is 1. The van der Waals surface area contributed by atoms with Crippen molar-refractivity contribution in [1.29, 1.82) is 0 Å². The first-order valence-electron chi connectivity index (χ1n) is 4.93. The Morgan fingerprint density at radius 1 is 1.44 bits per heavy atom. The Hall–Kier alpha value is -1.14. The van der Waals surface area contributed by atoms with Crippen LogP contribution in [-0.2, 0) is 16.0 Å². The lowest BCUT2D eigenvalue weighted by Gasteiger charge is -2.05. The van der Waals surface area contributed by atoms with Crippen LogP contribution in [0.25, 0.3) is 0 Å². The average Bonchev–Trinajstić information content (AvgIpc) is 2.22. The highest BCUT2D eigenvalue weighted by atomic mass is 79.9. The number of carbonyl (C=O) groups excluding carboxylic acids is 2.